The van der Waals surface area contributed by atoms with Gasteiger partial charge in [0.05, 0.1) is 15.6 Å². The maximum absolute atomic E-state index is 12.3. The molecule has 0 atom stereocenters. The van der Waals surface area contributed by atoms with Crippen LogP contribution in [0, 0.1) is 14.9 Å². The number of carbonyl (C=O) groups excluding carboxylic acids is 1. The second-order valence-corrected chi connectivity index (χ2v) is 7.84. The van der Waals surface area contributed by atoms with Gasteiger partial charge in [-0.1, -0.05) is 6.07 Å². The topological polar surface area (TPSA) is 62.1 Å². The summed E-state index contributed by atoms with van der Waals surface area (Å²) in [7, 11) is 0. The molecule has 0 aromatic heterocycles. The molecule has 0 aliphatic carbocycles. The molecular weight excluding hydrogens is 563 g/mol. The number of amides is 1. The fourth-order valence-corrected chi connectivity index (χ4v) is 4.02. The number of anilines is 1. The van der Waals surface area contributed by atoms with Crippen LogP contribution in [-0.2, 0) is 4.79 Å². The highest BCUT2D eigenvalue weighted by molar-refractivity contribution is 14.1. The molecule has 0 unspecified atom stereocenters. The molecule has 25 heavy (non-hydrogen) atoms. The number of ether oxygens (including phenoxy) is 1. The van der Waals surface area contributed by atoms with E-state index >= 15 is 0 Å². The first-order valence-corrected chi connectivity index (χ1v) is 9.91. The molecule has 0 radical (unpaired) electrons. The zero-order valence-corrected chi connectivity index (χ0v) is 18.5. The van der Waals surface area contributed by atoms with E-state index in [2.05, 4.69) is 59.8 Å². The Labute approximate surface area is 176 Å². The van der Waals surface area contributed by atoms with E-state index in [9.17, 15) is 10.1 Å². The molecule has 2 aromatic rings. The van der Waals surface area contributed by atoms with Crippen molar-refractivity contribution in [2.75, 3.05) is 11.9 Å². The predicted octanol–water partition coefficient (Wildman–Crippen LogP) is 5.76. The minimum atomic E-state index is -0.453. The van der Waals surface area contributed by atoms with Gasteiger partial charge in [-0.15, -0.1) is 0 Å². The minimum Gasteiger partial charge on any atom is -0.492 e. The number of rotatable bonds is 5. The number of carbonyl (C=O) groups is 1. The first-order valence-electron chi connectivity index (χ1n) is 7.25. The monoisotopic (exact) mass is 574 g/mol. The van der Waals surface area contributed by atoms with E-state index in [1.165, 1.54) is 6.08 Å². The van der Waals surface area contributed by atoms with Gasteiger partial charge in [0.15, 0.2) is 0 Å². The fourth-order valence-electron chi connectivity index (χ4n) is 2.02. The maximum atomic E-state index is 12.3. The predicted molar refractivity (Wildman–Crippen MR) is 114 cm³/mol. The lowest BCUT2D eigenvalue weighted by Gasteiger charge is -2.10. The van der Waals surface area contributed by atoms with Crippen molar-refractivity contribution in [3.05, 3.63) is 60.1 Å². The van der Waals surface area contributed by atoms with Crippen LogP contribution in [0.2, 0.25) is 0 Å². The standard InChI is InChI=1S/C18H13Br2IN2O2/c1-2-25-17-15(19)7-11(8-16(17)20)6-12(10-22)18(24)23-14-5-3-4-13(21)9-14/h3-9H,2H2,1H3,(H,23,24)/b12-6+. The molecule has 2 aromatic carbocycles. The zero-order chi connectivity index (χ0) is 18.4. The molecule has 1 N–H and O–H groups in total. The Hall–Kier alpha value is -1.37. The lowest BCUT2D eigenvalue weighted by atomic mass is 10.1. The molecule has 0 heterocycles. The fraction of sp³-hybridized carbons (Fsp3) is 0.111. The van der Waals surface area contributed by atoms with E-state index in [-0.39, 0.29) is 5.57 Å². The van der Waals surface area contributed by atoms with Crippen molar-refractivity contribution in [1.82, 2.24) is 0 Å². The van der Waals surface area contributed by atoms with Gasteiger partial charge in [-0.05, 0) is 103 Å². The summed E-state index contributed by atoms with van der Waals surface area (Å²) < 4.78 is 8.01. The molecule has 2 rings (SSSR count). The van der Waals surface area contributed by atoms with Crippen LogP contribution in [0.3, 0.4) is 0 Å². The molecule has 1 amide bonds. The van der Waals surface area contributed by atoms with Gasteiger partial charge in [0.1, 0.15) is 17.4 Å². The normalized spacial score (nSPS) is 10.9. The highest BCUT2D eigenvalue weighted by Gasteiger charge is 2.12. The van der Waals surface area contributed by atoms with Crippen LogP contribution in [0.4, 0.5) is 5.69 Å². The first kappa shape index (κ1) is 19.9. The Balaban J connectivity index is 2.28. The Kier molecular flexibility index (Phi) is 7.47. The molecule has 0 aliphatic rings. The number of nitriles is 1. The average molecular weight is 576 g/mol. The molecule has 0 bridgehead atoms. The second kappa shape index (κ2) is 9.36. The third-order valence-corrected chi connectivity index (χ3v) is 4.92. The minimum absolute atomic E-state index is 0.0156. The number of nitrogens with one attached hydrogen (secondary N) is 1. The zero-order valence-electron chi connectivity index (χ0n) is 13.1. The molecule has 0 saturated heterocycles. The van der Waals surface area contributed by atoms with Crippen molar-refractivity contribution in [1.29, 1.82) is 5.26 Å². The van der Waals surface area contributed by atoms with E-state index in [1.54, 1.807) is 18.2 Å². The highest BCUT2D eigenvalue weighted by atomic mass is 127. The Morgan fingerprint density at radius 1 is 1.32 bits per heavy atom. The number of nitrogens with zero attached hydrogens (tertiary/aromatic N) is 1. The summed E-state index contributed by atoms with van der Waals surface area (Å²) >= 11 is 9.04. The van der Waals surface area contributed by atoms with Gasteiger partial charge in [-0.2, -0.15) is 5.26 Å². The number of hydrogen-bond acceptors (Lipinski definition) is 3. The molecule has 0 saturated carbocycles. The summed E-state index contributed by atoms with van der Waals surface area (Å²) in [6.45, 7) is 2.43. The van der Waals surface area contributed by atoms with Gasteiger partial charge in [0.2, 0.25) is 0 Å². The van der Waals surface area contributed by atoms with Crippen molar-refractivity contribution in [3.8, 4) is 11.8 Å². The van der Waals surface area contributed by atoms with Gasteiger partial charge < -0.3 is 10.1 Å². The summed E-state index contributed by atoms with van der Waals surface area (Å²) in [6.07, 6.45) is 1.54. The molecule has 0 spiro atoms. The molecule has 0 aliphatic heterocycles. The maximum Gasteiger partial charge on any atom is 0.266 e. The first-order chi connectivity index (χ1) is 11.9. The lowest BCUT2D eigenvalue weighted by Crippen LogP contribution is -2.13. The molecule has 128 valence electrons. The van der Waals surface area contributed by atoms with Gasteiger partial charge >= 0.3 is 0 Å². The van der Waals surface area contributed by atoms with Crippen molar-refractivity contribution in [2.24, 2.45) is 0 Å². The highest BCUT2D eigenvalue weighted by Crippen LogP contribution is 2.35. The van der Waals surface area contributed by atoms with E-state index in [1.807, 2.05) is 31.2 Å². The Bertz CT molecular complexity index is 853. The van der Waals surface area contributed by atoms with E-state index in [0.29, 0.717) is 23.6 Å². The van der Waals surface area contributed by atoms with Gasteiger partial charge in [0.25, 0.3) is 5.91 Å². The third-order valence-electron chi connectivity index (χ3n) is 3.07. The smallest absolute Gasteiger partial charge is 0.266 e. The Morgan fingerprint density at radius 2 is 2.00 bits per heavy atom. The quantitative estimate of drug-likeness (QED) is 0.280. The molecule has 0 fully saturated rings. The number of benzene rings is 2. The second-order valence-electron chi connectivity index (χ2n) is 4.88. The van der Waals surface area contributed by atoms with Crippen LogP contribution in [0.25, 0.3) is 6.08 Å². The average Bonchev–Trinajstić information content (AvgIpc) is 2.56. The van der Waals surface area contributed by atoms with E-state index < -0.39 is 5.91 Å². The van der Waals surface area contributed by atoms with Crippen LogP contribution < -0.4 is 10.1 Å². The van der Waals surface area contributed by atoms with Crippen LogP contribution in [0.1, 0.15) is 12.5 Å². The van der Waals surface area contributed by atoms with Crippen molar-refractivity contribution >= 4 is 72.1 Å². The third kappa shape index (κ3) is 5.56. The SMILES string of the molecule is CCOc1c(Br)cc(/C=C(\C#N)C(=O)Nc2cccc(I)c2)cc1Br. The summed E-state index contributed by atoms with van der Waals surface area (Å²) in [4.78, 5) is 12.3. The largest absolute Gasteiger partial charge is 0.492 e. The van der Waals surface area contributed by atoms with Gasteiger partial charge in [-0.3, -0.25) is 4.79 Å². The van der Waals surface area contributed by atoms with E-state index in [4.69, 9.17) is 4.74 Å². The van der Waals surface area contributed by atoms with Crippen molar-refractivity contribution < 1.29 is 9.53 Å². The van der Waals surface area contributed by atoms with Crippen LogP contribution >= 0.6 is 54.5 Å². The number of halogens is 3. The van der Waals surface area contributed by atoms with Crippen LogP contribution in [-0.4, -0.2) is 12.5 Å². The summed E-state index contributed by atoms with van der Waals surface area (Å²) in [5.41, 5.74) is 1.37. The molecular formula is C18H13Br2IN2O2. The van der Waals surface area contributed by atoms with Crippen LogP contribution in [0.15, 0.2) is 50.9 Å². The van der Waals surface area contributed by atoms with Gasteiger partial charge in [-0.25, -0.2) is 0 Å². The van der Waals surface area contributed by atoms with E-state index in [0.717, 1.165) is 12.5 Å². The summed E-state index contributed by atoms with van der Waals surface area (Å²) in [5.74, 6) is 0.229. The van der Waals surface area contributed by atoms with Crippen molar-refractivity contribution in [3.63, 3.8) is 0 Å². The van der Waals surface area contributed by atoms with Crippen molar-refractivity contribution in [2.45, 2.75) is 6.92 Å². The molecule has 4 nitrogen and oxygen atoms in total. The Morgan fingerprint density at radius 3 is 2.56 bits per heavy atom. The van der Waals surface area contributed by atoms with Gasteiger partial charge in [0, 0.05) is 9.26 Å². The lowest BCUT2D eigenvalue weighted by molar-refractivity contribution is -0.112. The number of hydrogen-bond donors (Lipinski definition) is 1. The van der Waals surface area contributed by atoms with Crippen LogP contribution in [0.5, 0.6) is 5.75 Å². The summed E-state index contributed by atoms with van der Waals surface area (Å²) in [6, 6.07) is 12.9. The summed E-state index contributed by atoms with van der Waals surface area (Å²) in [5, 5.41) is 12.1. The molecule has 7 heteroatoms.